The van der Waals surface area contributed by atoms with Crippen LogP contribution in [-0.2, 0) is 17.4 Å². The summed E-state index contributed by atoms with van der Waals surface area (Å²) in [5, 5.41) is 23.2. The molecule has 0 saturated carbocycles. The number of alkyl halides is 3. The molecule has 144 valence electrons. The topological polar surface area (TPSA) is 105 Å². The van der Waals surface area contributed by atoms with Gasteiger partial charge in [0, 0.05) is 24.1 Å². The van der Waals surface area contributed by atoms with Gasteiger partial charge in [0.05, 0.1) is 4.92 Å². The summed E-state index contributed by atoms with van der Waals surface area (Å²) in [6.07, 6.45) is -1.49. The molecular formula is C17H16F3N3O4. The molecule has 2 aromatic rings. The zero-order valence-corrected chi connectivity index (χ0v) is 14.2. The Hall–Kier alpha value is -3.01. The fourth-order valence-electron chi connectivity index (χ4n) is 2.32. The summed E-state index contributed by atoms with van der Waals surface area (Å²) in [5.74, 6) is -0.918. The Morgan fingerprint density at radius 2 is 1.89 bits per heavy atom. The van der Waals surface area contributed by atoms with Crippen molar-refractivity contribution >= 4 is 17.3 Å². The second-order valence-electron chi connectivity index (χ2n) is 6.07. The highest BCUT2D eigenvalue weighted by Crippen LogP contribution is 2.37. The number of aromatic nitrogens is 1. The molecule has 0 fully saturated rings. The lowest BCUT2D eigenvalue weighted by molar-refractivity contribution is -0.388. The van der Waals surface area contributed by atoms with Crippen molar-refractivity contribution in [3.05, 3.63) is 64.0 Å². The van der Waals surface area contributed by atoms with Crippen LogP contribution in [0.1, 0.15) is 24.5 Å². The minimum absolute atomic E-state index is 0.0158. The number of carbonyl (C=O) groups excluding carboxylic acids is 1. The SMILES string of the molecule is C[C@](O)(CCc1ccncc1)C(=O)Nc1ccc([N+](=O)[O-])c(C(F)(F)F)c1. The number of rotatable bonds is 6. The fourth-order valence-corrected chi connectivity index (χ4v) is 2.32. The monoisotopic (exact) mass is 383 g/mol. The molecule has 0 aliphatic rings. The number of hydrogen-bond donors (Lipinski definition) is 2. The standard InChI is InChI=1S/C17H16F3N3O4/c1-16(25,7-4-11-5-8-21-9-6-11)15(24)22-12-2-3-14(23(26)27)13(10-12)17(18,19)20/h2-3,5-6,8-10,25H,4,7H2,1H3,(H,22,24)/t16-/m0/s1. The maximum absolute atomic E-state index is 13.0. The van der Waals surface area contributed by atoms with Gasteiger partial charge in [-0.05, 0) is 49.6 Å². The molecule has 0 bridgehead atoms. The van der Waals surface area contributed by atoms with Gasteiger partial charge in [0.2, 0.25) is 0 Å². The van der Waals surface area contributed by atoms with Crippen LogP contribution in [-0.4, -0.2) is 26.5 Å². The van der Waals surface area contributed by atoms with Crippen molar-refractivity contribution in [1.29, 1.82) is 0 Å². The lowest BCUT2D eigenvalue weighted by Crippen LogP contribution is -2.40. The van der Waals surface area contributed by atoms with Gasteiger partial charge in [-0.25, -0.2) is 0 Å². The minimum Gasteiger partial charge on any atom is -0.380 e. The van der Waals surface area contributed by atoms with Gasteiger partial charge in [0.1, 0.15) is 11.2 Å². The van der Waals surface area contributed by atoms with E-state index in [1.807, 2.05) is 0 Å². The van der Waals surface area contributed by atoms with Crippen LogP contribution in [0.4, 0.5) is 24.5 Å². The summed E-state index contributed by atoms with van der Waals surface area (Å²) in [7, 11) is 0. The maximum atomic E-state index is 13.0. The number of nitro benzene ring substituents is 1. The van der Waals surface area contributed by atoms with Crippen molar-refractivity contribution in [2.24, 2.45) is 0 Å². The Kier molecular flexibility index (Phi) is 5.79. The average molecular weight is 383 g/mol. The zero-order valence-electron chi connectivity index (χ0n) is 14.2. The first-order valence-corrected chi connectivity index (χ1v) is 7.79. The van der Waals surface area contributed by atoms with E-state index in [2.05, 4.69) is 10.3 Å². The van der Waals surface area contributed by atoms with Crippen LogP contribution in [0.3, 0.4) is 0 Å². The number of nitrogens with one attached hydrogen (secondary N) is 1. The molecule has 10 heteroatoms. The van der Waals surface area contributed by atoms with Gasteiger partial charge in [-0.2, -0.15) is 13.2 Å². The van der Waals surface area contributed by atoms with Crippen LogP contribution in [0.25, 0.3) is 0 Å². The molecule has 7 nitrogen and oxygen atoms in total. The third-order valence-electron chi connectivity index (χ3n) is 3.90. The molecule has 1 amide bonds. The van der Waals surface area contributed by atoms with Gasteiger partial charge in [-0.15, -0.1) is 0 Å². The molecule has 0 unspecified atom stereocenters. The van der Waals surface area contributed by atoms with Gasteiger partial charge in [0.25, 0.3) is 11.6 Å². The van der Waals surface area contributed by atoms with Crippen LogP contribution in [0.2, 0.25) is 0 Å². The predicted octanol–water partition coefficient (Wildman–Crippen LogP) is 3.33. The highest BCUT2D eigenvalue weighted by molar-refractivity contribution is 5.97. The van der Waals surface area contributed by atoms with Gasteiger partial charge in [0.15, 0.2) is 0 Å². The largest absolute Gasteiger partial charge is 0.423 e. The number of aryl methyl sites for hydroxylation is 1. The van der Waals surface area contributed by atoms with Crippen LogP contribution in [0.15, 0.2) is 42.7 Å². The summed E-state index contributed by atoms with van der Waals surface area (Å²) in [5.41, 5.74) is -3.94. The van der Waals surface area contributed by atoms with Crippen LogP contribution < -0.4 is 5.32 Å². The third-order valence-corrected chi connectivity index (χ3v) is 3.90. The predicted molar refractivity (Wildman–Crippen MR) is 89.9 cm³/mol. The molecule has 27 heavy (non-hydrogen) atoms. The van der Waals surface area contributed by atoms with E-state index in [9.17, 15) is 33.2 Å². The van der Waals surface area contributed by atoms with Crippen molar-refractivity contribution in [2.75, 3.05) is 5.32 Å². The first-order chi connectivity index (χ1) is 12.5. The molecule has 0 spiro atoms. The highest BCUT2D eigenvalue weighted by Gasteiger charge is 2.39. The summed E-state index contributed by atoms with van der Waals surface area (Å²) >= 11 is 0. The molecule has 1 aromatic carbocycles. The van der Waals surface area contributed by atoms with Gasteiger partial charge in [-0.3, -0.25) is 19.9 Å². The van der Waals surface area contributed by atoms with Crippen molar-refractivity contribution < 1.29 is 28.0 Å². The molecule has 0 aliphatic carbocycles. The summed E-state index contributed by atoms with van der Waals surface area (Å²) in [6, 6.07) is 5.52. The lowest BCUT2D eigenvalue weighted by Gasteiger charge is -2.22. The molecule has 2 N–H and O–H groups in total. The summed E-state index contributed by atoms with van der Waals surface area (Å²) in [6.45, 7) is 1.24. The number of aliphatic hydroxyl groups is 1. The van der Waals surface area contributed by atoms with Crippen molar-refractivity contribution in [2.45, 2.75) is 31.5 Å². The number of amides is 1. The van der Waals surface area contributed by atoms with Crippen LogP contribution in [0, 0.1) is 10.1 Å². The van der Waals surface area contributed by atoms with E-state index in [4.69, 9.17) is 0 Å². The number of hydrogen-bond acceptors (Lipinski definition) is 5. The lowest BCUT2D eigenvalue weighted by atomic mass is 9.96. The Bertz CT molecular complexity index is 839. The number of benzene rings is 1. The molecule has 0 aliphatic heterocycles. The van der Waals surface area contributed by atoms with E-state index < -0.39 is 33.9 Å². The third kappa shape index (κ3) is 5.23. The fraction of sp³-hybridized carbons (Fsp3) is 0.294. The van der Waals surface area contributed by atoms with Crippen molar-refractivity contribution in [3.8, 4) is 0 Å². The Morgan fingerprint density at radius 3 is 2.44 bits per heavy atom. The van der Waals surface area contributed by atoms with Crippen LogP contribution in [0.5, 0.6) is 0 Å². The number of anilines is 1. The quantitative estimate of drug-likeness (QED) is 0.588. The number of nitrogens with zero attached hydrogens (tertiary/aromatic N) is 2. The Labute approximate surface area is 152 Å². The Balaban J connectivity index is 2.15. The zero-order chi connectivity index (χ0) is 20.2. The number of carbonyl (C=O) groups is 1. The average Bonchev–Trinajstić information content (AvgIpc) is 2.60. The highest BCUT2D eigenvalue weighted by atomic mass is 19.4. The Morgan fingerprint density at radius 1 is 1.26 bits per heavy atom. The molecule has 1 atom stereocenters. The van der Waals surface area contributed by atoms with E-state index in [0.717, 1.165) is 11.6 Å². The summed E-state index contributed by atoms with van der Waals surface area (Å²) < 4.78 is 39.0. The molecule has 0 saturated heterocycles. The van der Waals surface area contributed by atoms with E-state index >= 15 is 0 Å². The van der Waals surface area contributed by atoms with Crippen LogP contribution >= 0.6 is 0 Å². The minimum atomic E-state index is -4.97. The number of pyridine rings is 1. The smallest absolute Gasteiger partial charge is 0.380 e. The van der Waals surface area contributed by atoms with Crippen molar-refractivity contribution in [1.82, 2.24) is 4.98 Å². The molecule has 0 radical (unpaired) electrons. The maximum Gasteiger partial charge on any atom is 0.423 e. The van der Waals surface area contributed by atoms with E-state index in [1.165, 1.54) is 6.92 Å². The van der Waals surface area contributed by atoms with Gasteiger partial charge < -0.3 is 10.4 Å². The van der Waals surface area contributed by atoms with E-state index in [0.29, 0.717) is 18.6 Å². The van der Waals surface area contributed by atoms with Gasteiger partial charge in [-0.1, -0.05) is 0 Å². The molecule has 1 aromatic heterocycles. The number of nitro groups is 1. The van der Waals surface area contributed by atoms with Crippen molar-refractivity contribution in [3.63, 3.8) is 0 Å². The van der Waals surface area contributed by atoms with E-state index in [-0.39, 0.29) is 12.1 Å². The first-order valence-electron chi connectivity index (χ1n) is 7.79. The summed E-state index contributed by atoms with van der Waals surface area (Å²) in [4.78, 5) is 25.7. The number of halogens is 3. The molecule has 1 heterocycles. The molecular weight excluding hydrogens is 367 g/mol. The van der Waals surface area contributed by atoms with E-state index in [1.54, 1.807) is 24.5 Å². The second kappa shape index (κ2) is 7.70. The second-order valence-corrected chi connectivity index (χ2v) is 6.07. The first kappa shape index (κ1) is 20.3. The molecule has 2 rings (SSSR count). The normalized spacial score (nSPS) is 13.7. The van der Waals surface area contributed by atoms with Gasteiger partial charge >= 0.3 is 6.18 Å².